The fraction of sp³-hybridized carbons (Fsp3) is 0.471. The van der Waals surface area contributed by atoms with Gasteiger partial charge in [0.05, 0.1) is 5.52 Å². The van der Waals surface area contributed by atoms with Crippen molar-refractivity contribution in [1.82, 2.24) is 14.8 Å². The van der Waals surface area contributed by atoms with Crippen LogP contribution in [0.5, 0.6) is 0 Å². The molecule has 0 aliphatic carbocycles. The third kappa shape index (κ3) is 3.01. The predicted molar refractivity (Wildman–Crippen MR) is 88.1 cm³/mol. The molecule has 1 atom stereocenters. The van der Waals surface area contributed by atoms with Gasteiger partial charge in [0.2, 0.25) is 0 Å². The Morgan fingerprint density at radius 3 is 2.90 bits per heavy atom. The van der Waals surface area contributed by atoms with E-state index >= 15 is 0 Å². The summed E-state index contributed by atoms with van der Waals surface area (Å²) in [6.45, 7) is 6.49. The van der Waals surface area contributed by atoms with Crippen LogP contribution < -0.4 is 5.73 Å². The molecule has 1 aromatic carbocycles. The van der Waals surface area contributed by atoms with Gasteiger partial charge in [0.1, 0.15) is 5.82 Å². The highest BCUT2D eigenvalue weighted by Crippen LogP contribution is 2.21. The fourth-order valence-electron chi connectivity index (χ4n) is 3.14. The van der Waals surface area contributed by atoms with Crippen molar-refractivity contribution in [2.45, 2.75) is 25.9 Å². The van der Waals surface area contributed by atoms with Gasteiger partial charge < -0.3 is 10.6 Å². The molecule has 1 aliphatic heterocycles. The maximum absolute atomic E-state index is 6.15. The molecule has 0 bridgehead atoms. The molecule has 112 valence electrons. The van der Waals surface area contributed by atoms with E-state index in [1.54, 1.807) is 0 Å². The van der Waals surface area contributed by atoms with Crippen LogP contribution in [0.15, 0.2) is 30.3 Å². The molecular weight excluding hydrogens is 260 g/mol. The second kappa shape index (κ2) is 6.00. The van der Waals surface area contributed by atoms with Gasteiger partial charge >= 0.3 is 0 Å². The van der Waals surface area contributed by atoms with Crippen LogP contribution >= 0.6 is 0 Å². The lowest BCUT2D eigenvalue weighted by Crippen LogP contribution is -2.50. The summed E-state index contributed by atoms with van der Waals surface area (Å²) < 4.78 is 0. The Kier molecular flexibility index (Phi) is 4.08. The van der Waals surface area contributed by atoms with E-state index in [-0.39, 0.29) is 0 Å². The molecule has 1 aliphatic rings. The van der Waals surface area contributed by atoms with E-state index in [2.05, 4.69) is 40.9 Å². The molecule has 4 heteroatoms. The highest BCUT2D eigenvalue weighted by molar-refractivity contribution is 5.81. The number of aromatic nitrogens is 1. The van der Waals surface area contributed by atoms with Crippen LogP contribution in [0.4, 0.5) is 5.82 Å². The van der Waals surface area contributed by atoms with Gasteiger partial charge in [-0.2, -0.15) is 0 Å². The first-order valence-corrected chi connectivity index (χ1v) is 7.74. The number of benzene rings is 1. The van der Waals surface area contributed by atoms with E-state index in [4.69, 9.17) is 5.73 Å². The van der Waals surface area contributed by atoms with Gasteiger partial charge in [0.25, 0.3) is 0 Å². The summed E-state index contributed by atoms with van der Waals surface area (Å²) in [7, 11) is 2.22. The maximum Gasteiger partial charge on any atom is 0.128 e. The third-order valence-corrected chi connectivity index (χ3v) is 4.56. The zero-order valence-electron chi connectivity index (χ0n) is 12.9. The molecule has 21 heavy (non-hydrogen) atoms. The Balaban J connectivity index is 1.80. The van der Waals surface area contributed by atoms with Crippen molar-refractivity contribution in [3.05, 3.63) is 35.9 Å². The molecule has 1 saturated heterocycles. The van der Waals surface area contributed by atoms with Crippen molar-refractivity contribution in [3.63, 3.8) is 0 Å². The normalized spacial score (nSPS) is 21.0. The van der Waals surface area contributed by atoms with Crippen LogP contribution in [0.3, 0.4) is 0 Å². The fourth-order valence-corrected chi connectivity index (χ4v) is 3.14. The van der Waals surface area contributed by atoms with Crippen molar-refractivity contribution >= 4 is 16.7 Å². The van der Waals surface area contributed by atoms with Gasteiger partial charge in [-0.1, -0.05) is 25.1 Å². The number of hydrogen-bond donors (Lipinski definition) is 1. The summed E-state index contributed by atoms with van der Waals surface area (Å²) in [6, 6.07) is 11.0. The summed E-state index contributed by atoms with van der Waals surface area (Å²) in [5, 5.41) is 1.17. The van der Waals surface area contributed by atoms with E-state index < -0.39 is 0 Å². The summed E-state index contributed by atoms with van der Waals surface area (Å²) >= 11 is 0. The number of hydrogen-bond acceptors (Lipinski definition) is 4. The van der Waals surface area contributed by atoms with E-state index in [0.29, 0.717) is 11.9 Å². The molecule has 0 spiro atoms. The number of fused-ring (bicyclic) bond motifs is 1. The molecule has 2 N–H and O–H groups in total. The number of pyridine rings is 1. The number of nitrogens with zero attached hydrogens (tertiary/aromatic N) is 3. The molecule has 3 rings (SSSR count). The minimum absolute atomic E-state index is 0.647. The first-order valence-electron chi connectivity index (χ1n) is 7.74. The maximum atomic E-state index is 6.15. The van der Waals surface area contributed by atoms with Crippen LogP contribution in [0, 0.1) is 0 Å². The quantitative estimate of drug-likeness (QED) is 0.939. The molecule has 0 saturated carbocycles. The zero-order valence-corrected chi connectivity index (χ0v) is 12.9. The highest BCUT2D eigenvalue weighted by Gasteiger charge is 2.23. The minimum Gasteiger partial charge on any atom is -0.383 e. The standard InChI is InChI=1S/C17H24N4/c1-3-15-12-21(9-8-20(15)2)11-14-10-13-6-4-5-7-16(13)19-17(14)18/h4-7,10,15H,3,8-9,11-12H2,1-2H3,(H2,18,19). The van der Waals surface area contributed by atoms with Crippen molar-refractivity contribution in [2.75, 3.05) is 32.4 Å². The van der Waals surface area contributed by atoms with Gasteiger partial charge in [-0.3, -0.25) is 4.90 Å². The number of likely N-dealkylation sites (N-methyl/N-ethyl adjacent to an activating group) is 1. The Hall–Kier alpha value is -1.65. The van der Waals surface area contributed by atoms with Crippen molar-refractivity contribution in [1.29, 1.82) is 0 Å². The Morgan fingerprint density at radius 1 is 1.29 bits per heavy atom. The number of piperazine rings is 1. The second-order valence-corrected chi connectivity index (χ2v) is 6.00. The molecule has 1 unspecified atom stereocenters. The van der Waals surface area contributed by atoms with Gasteiger partial charge in [-0.05, 0) is 25.6 Å². The van der Waals surface area contributed by atoms with Crippen molar-refractivity contribution in [3.8, 4) is 0 Å². The zero-order chi connectivity index (χ0) is 14.8. The van der Waals surface area contributed by atoms with Crippen LogP contribution in [0.2, 0.25) is 0 Å². The first-order chi connectivity index (χ1) is 10.2. The first kappa shape index (κ1) is 14.3. The number of rotatable bonds is 3. The van der Waals surface area contributed by atoms with E-state index in [0.717, 1.165) is 37.3 Å². The molecule has 2 aromatic rings. The lowest BCUT2D eigenvalue weighted by molar-refractivity contribution is 0.0885. The molecular formula is C17H24N4. The number of para-hydroxylation sites is 1. The Morgan fingerprint density at radius 2 is 2.10 bits per heavy atom. The van der Waals surface area contributed by atoms with E-state index in [1.165, 1.54) is 11.8 Å². The van der Waals surface area contributed by atoms with E-state index in [9.17, 15) is 0 Å². The van der Waals surface area contributed by atoms with Gasteiger partial charge in [0, 0.05) is 43.2 Å². The average Bonchev–Trinajstić information content (AvgIpc) is 2.50. The molecule has 0 radical (unpaired) electrons. The molecule has 2 heterocycles. The molecule has 4 nitrogen and oxygen atoms in total. The summed E-state index contributed by atoms with van der Waals surface area (Å²) in [6.07, 6.45) is 1.19. The number of nitrogen functional groups attached to an aromatic ring is 1. The predicted octanol–water partition coefficient (Wildman–Crippen LogP) is 2.34. The van der Waals surface area contributed by atoms with Crippen molar-refractivity contribution in [2.24, 2.45) is 0 Å². The SMILES string of the molecule is CCC1CN(Cc2cc3ccccc3nc2N)CCN1C. The van der Waals surface area contributed by atoms with Gasteiger partial charge in [0.15, 0.2) is 0 Å². The summed E-state index contributed by atoms with van der Waals surface area (Å²) in [5.74, 6) is 0.667. The van der Waals surface area contributed by atoms with Crippen LogP contribution in [0.1, 0.15) is 18.9 Å². The summed E-state index contributed by atoms with van der Waals surface area (Å²) in [5.41, 5.74) is 8.27. The molecule has 0 amide bonds. The smallest absolute Gasteiger partial charge is 0.128 e. The van der Waals surface area contributed by atoms with E-state index in [1.807, 2.05) is 18.2 Å². The lowest BCUT2D eigenvalue weighted by atomic mass is 10.1. The molecule has 1 aromatic heterocycles. The Labute approximate surface area is 126 Å². The van der Waals surface area contributed by atoms with Gasteiger partial charge in [-0.15, -0.1) is 0 Å². The molecule has 1 fully saturated rings. The number of anilines is 1. The van der Waals surface area contributed by atoms with Crippen LogP contribution in [-0.2, 0) is 6.54 Å². The Bertz CT molecular complexity index is 625. The summed E-state index contributed by atoms with van der Waals surface area (Å²) in [4.78, 5) is 9.49. The topological polar surface area (TPSA) is 45.4 Å². The largest absolute Gasteiger partial charge is 0.383 e. The average molecular weight is 284 g/mol. The second-order valence-electron chi connectivity index (χ2n) is 6.00. The van der Waals surface area contributed by atoms with Crippen molar-refractivity contribution < 1.29 is 0 Å². The monoisotopic (exact) mass is 284 g/mol. The third-order valence-electron chi connectivity index (χ3n) is 4.56. The van der Waals surface area contributed by atoms with Crippen LogP contribution in [-0.4, -0.2) is 47.5 Å². The highest BCUT2D eigenvalue weighted by atomic mass is 15.3. The van der Waals surface area contributed by atoms with Crippen LogP contribution in [0.25, 0.3) is 10.9 Å². The van der Waals surface area contributed by atoms with Gasteiger partial charge in [-0.25, -0.2) is 4.98 Å². The number of nitrogens with two attached hydrogens (primary N) is 1. The lowest BCUT2D eigenvalue weighted by Gasteiger charge is -2.39. The minimum atomic E-state index is 0.647.